The van der Waals surface area contributed by atoms with Crippen molar-refractivity contribution in [1.29, 1.82) is 0 Å². The molecule has 0 atom stereocenters. The van der Waals surface area contributed by atoms with Crippen LogP contribution in [0.4, 0.5) is 17.6 Å². The van der Waals surface area contributed by atoms with Crippen LogP contribution >= 0.6 is 0 Å². The Morgan fingerprint density at radius 1 is 1.20 bits per heavy atom. The van der Waals surface area contributed by atoms with E-state index in [-0.39, 0.29) is 6.54 Å². The third-order valence-electron chi connectivity index (χ3n) is 2.85. The van der Waals surface area contributed by atoms with E-state index in [9.17, 15) is 22.4 Å². The van der Waals surface area contributed by atoms with Gasteiger partial charge in [-0.15, -0.1) is 0 Å². The van der Waals surface area contributed by atoms with Crippen LogP contribution in [0.5, 0.6) is 0 Å². The van der Waals surface area contributed by atoms with Crippen molar-refractivity contribution in [3.8, 4) is 0 Å². The molecule has 1 aromatic rings. The topological polar surface area (TPSA) is 29.1 Å². The van der Waals surface area contributed by atoms with Gasteiger partial charge in [0.25, 0.3) is 5.91 Å². The molecule has 0 unspecified atom stereocenters. The summed E-state index contributed by atoms with van der Waals surface area (Å²) in [6, 6.07) is 1.90. The summed E-state index contributed by atoms with van der Waals surface area (Å²) in [7, 11) is 0. The van der Waals surface area contributed by atoms with Gasteiger partial charge in [0.15, 0.2) is 0 Å². The number of unbranched alkanes of at least 4 members (excludes halogenated alkanes) is 3. The van der Waals surface area contributed by atoms with E-state index in [2.05, 4.69) is 5.32 Å². The Balaban J connectivity index is 2.74. The van der Waals surface area contributed by atoms with Gasteiger partial charge < -0.3 is 5.32 Å². The van der Waals surface area contributed by atoms with E-state index in [1.807, 2.05) is 6.92 Å². The lowest BCUT2D eigenvalue weighted by molar-refractivity contribution is -0.138. The van der Waals surface area contributed by atoms with Crippen molar-refractivity contribution in [1.82, 2.24) is 5.32 Å². The highest BCUT2D eigenvalue weighted by Gasteiger charge is 2.35. The molecule has 0 bridgehead atoms. The third kappa shape index (κ3) is 4.83. The molecular formula is C14H17F4NO. The fourth-order valence-electron chi connectivity index (χ4n) is 1.80. The number of amides is 1. The maximum atomic E-state index is 13.0. The minimum Gasteiger partial charge on any atom is -0.352 e. The van der Waals surface area contributed by atoms with E-state index in [0.29, 0.717) is 24.6 Å². The van der Waals surface area contributed by atoms with Crippen molar-refractivity contribution < 1.29 is 22.4 Å². The van der Waals surface area contributed by atoms with Crippen molar-refractivity contribution in [2.75, 3.05) is 6.54 Å². The number of halogens is 4. The molecule has 0 aromatic heterocycles. The van der Waals surface area contributed by atoms with Gasteiger partial charge in [-0.05, 0) is 24.6 Å². The Morgan fingerprint density at radius 3 is 2.50 bits per heavy atom. The van der Waals surface area contributed by atoms with Gasteiger partial charge in [0.2, 0.25) is 0 Å². The van der Waals surface area contributed by atoms with Crippen LogP contribution in [-0.2, 0) is 6.18 Å². The zero-order valence-electron chi connectivity index (χ0n) is 11.2. The van der Waals surface area contributed by atoms with Gasteiger partial charge >= 0.3 is 6.18 Å². The molecule has 0 fully saturated rings. The SMILES string of the molecule is CCCCCCNC(=O)c1cc(F)ccc1C(F)(F)F. The number of nitrogens with one attached hydrogen (secondary N) is 1. The molecule has 6 heteroatoms. The van der Waals surface area contributed by atoms with Crippen LogP contribution in [0.3, 0.4) is 0 Å². The summed E-state index contributed by atoms with van der Waals surface area (Å²) in [6.07, 6.45) is -1.06. The molecule has 20 heavy (non-hydrogen) atoms. The molecule has 0 aliphatic rings. The highest BCUT2D eigenvalue weighted by molar-refractivity contribution is 5.95. The molecule has 1 rings (SSSR count). The largest absolute Gasteiger partial charge is 0.417 e. The summed E-state index contributed by atoms with van der Waals surface area (Å²) in [6.45, 7) is 2.31. The second-order valence-electron chi connectivity index (χ2n) is 4.50. The summed E-state index contributed by atoms with van der Waals surface area (Å²) in [4.78, 5) is 11.7. The number of carbonyl (C=O) groups is 1. The van der Waals surface area contributed by atoms with Crippen LogP contribution in [0.1, 0.15) is 48.5 Å². The van der Waals surface area contributed by atoms with E-state index >= 15 is 0 Å². The number of carbonyl (C=O) groups excluding carboxylic acids is 1. The predicted molar refractivity (Wildman–Crippen MR) is 67.9 cm³/mol. The first-order chi connectivity index (χ1) is 9.36. The average molecular weight is 291 g/mol. The maximum Gasteiger partial charge on any atom is 0.417 e. The van der Waals surface area contributed by atoms with Gasteiger partial charge in [-0.25, -0.2) is 4.39 Å². The summed E-state index contributed by atoms with van der Waals surface area (Å²) in [5, 5.41) is 2.39. The van der Waals surface area contributed by atoms with Crippen LogP contribution in [-0.4, -0.2) is 12.5 Å². The number of benzene rings is 1. The molecule has 112 valence electrons. The average Bonchev–Trinajstić information content (AvgIpc) is 2.36. The van der Waals surface area contributed by atoms with Crippen molar-refractivity contribution in [2.45, 2.75) is 38.8 Å². The lowest BCUT2D eigenvalue weighted by Gasteiger charge is -2.13. The Morgan fingerprint density at radius 2 is 1.90 bits per heavy atom. The number of rotatable bonds is 6. The number of hydrogen-bond acceptors (Lipinski definition) is 1. The normalized spacial score (nSPS) is 11.4. The van der Waals surface area contributed by atoms with Crippen LogP contribution in [0.2, 0.25) is 0 Å². The molecule has 1 aromatic carbocycles. The smallest absolute Gasteiger partial charge is 0.352 e. The Kier molecular flexibility index (Phi) is 5.98. The zero-order chi connectivity index (χ0) is 15.2. The first-order valence-corrected chi connectivity index (χ1v) is 6.51. The van der Waals surface area contributed by atoms with Crippen molar-refractivity contribution >= 4 is 5.91 Å². The van der Waals surface area contributed by atoms with Gasteiger partial charge in [-0.1, -0.05) is 26.2 Å². The minimum absolute atomic E-state index is 0.284. The Labute approximate surface area is 115 Å². The molecule has 0 aliphatic heterocycles. The molecule has 0 saturated heterocycles. The van der Waals surface area contributed by atoms with E-state index in [1.54, 1.807) is 0 Å². The highest BCUT2D eigenvalue weighted by Crippen LogP contribution is 2.32. The molecule has 0 heterocycles. The zero-order valence-corrected chi connectivity index (χ0v) is 11.2. The van der Waals surface area contributed by atoms with Crippen LogP contribution in [0.25, 0.3) is 0 Å². The van der Waals surface area contributed by atoms with Gasteiger partial charge in [-0.3, -0.25) is 4.79 Å². The molecule has 0 radical (unpaired) electrons. The fraction of sp³-hybridized carbons (Fsp3) is 0.500. The molecule has 0 aliphatic carbocycles. The number of hydrogen-bond donors (Lipinski definition) is 1. The summed E-state index contributed by atoms with van der Waals surface area (Å²) >= 11 is 0. The summed E-state index contributed by atoms with van der Waals surface area (Å²) in [5.74, 6) is -1.76. The fourth-order valence-corrected chi connectivity index (χ4v) is 1.80. The molecule has 2 nitrogen and oxygen atoms in total. The van der Waals surface area contributed by atoms with E-state index in [4.69, 9.17) is 0 Å². The molecule has 1 amide bonds. The van der Waals surface area contributed by atoms with E-state index < -0.39 is 29.0 Å². The second-order valence-corrected chi connectivity index (χ2v) is 4.50. The highest BCUT2D eigenvalue weighted by atomic mass is 19.4. The molecular weight excluding hydrogens is 274 g/mol. The minimum atomic E-state index is -4.68. The van der Waals surface area contributed by atoms with Gasteiger partial charge in [0.05, 0.1) is 11.1 Å². The van der Waals surface area contributed by atoms with Crippen molar-refractivity contribution in [2.24, 2.45) is 0 Å². The maximum absolute atomic E-state index is 13.0. The Bertz CT molecular complexity index is 457. The summed E-state index contributed by atoms with van der Waals surface area (Å²) < 4.78 is 51.2. The first kappa shape index (κ1) is 16.5. The third-order valence-corrected chi connectivity index (χ3v) is 2.85. The lowest BCUT2D eigenvalue weighted by atomic mass is 10.1. The standard InChI is InChI=1S/C14H17F4NO/c1-2-3-4-5-8-19-13(20)11-9-10(15)6-7-12(11)14(16,17)18/h6-7,9H,2-5,8H2,1H3,(H,19,20). The predicted octanol–water partition coefficient (Wildman–Crippen LogP) is 4.15. The quantitative estimate of drug-likeness (QED) is 0.619. The van der Waals surface area contributed by atoms with Gasteiger partial charge in [0.1, 0.15) is 5.82 Å². The molecule has 1 N–H and O–H groups in total. The van der Waals surface area contributed by atoms with Gasteiger partial charge in [-0.2, -0.15) is 13.2 Å². The van der Waals surface area contributed by atoms with Crippen LogP contribution < -0.4 is 5.32 Å². The van der Waals surface area contributed by atoms with E-state index in [1.165, 1.54) is 0 Å². The molecule has 0 saturated carbocycles. The monoisotopic (exact) mass is 291 g/mol. The molecule has 0 spiro atoms. The van der Waals surface area contributed by atoms with Gasteiger partial charge in [0, 0.05) is 6.54 Å². The first-order valence-electron chi connectivity index (χ1n) is 6.51. The van der Waals surface area contributed by atoms with Crippen molar-refractivity contribution in [3.05, 3.63) is 35.1 Å². The number of alkyl halides is 3. The second kappa shape index (κ2) is 7.26. The van der Waals surface area contributed by atoms with Crippen LogP contribution in [0.15, 0.2) is 18.2 Å². The van der Waals surface area contributed by atoms with Crippen LogP contribution in [0, 0.1) is 5.82 Å². The van der Waals surface area contributed by atoms with E-state index in [0.717, 1.165) is 19.3 Å². The van der Waals surface area contributed by atoms with Crippen molar-refractivity contribution in [3.63, 3.8) is 0 Å². The lowest BCUT2D eigenvalue weighted by Crippen LogP contribution is -2.27. The summed E-state index contributed by atoms with van der Waals surface area (Å²) in [5.41, 5.74) is -1.79. The Hall–Kier alpha value is -1.59.